The Morgan fingerprint density at radius 1 is 1.09 bits per heavy atom. The molecule has 1 fully saturated rings. The second-order valence-electron chi connectivity index (χ2n) is 7.80. The van der Waals surface area contributed by atoms with Crippen molar-refractivity contribution in [3.63, 3.8) is 0 Å². The van der Waals surface area contributed by atoms with E-state index in [0.29, 0.717) is 18.9 Å². The van der Waals surface area contributed by atoms with E-state index >= 15 is 0 Å². The first-order valence-electron chi connectivity index (χ1n) is 8.58. The minimum absolute atomic E-state index is 0.142. The summed E-state index contributed by atoms with van der Waals surface area (Å²) in [6.07, 6.45) is 5.06. The van der Waals surface area contributed by atoms with Crippen LogP contribution in [-0.2, 0) is 19.1 Å². The maximum absolute atomic E-state index is 12.1. The van der Waals surface area contributed by atoms with E-state index in [1.54, 1.807) is 0 Å². The molecule has 1 aliphatic carbocycles. The fraction of sp³-hybridized carbons (Fsp3) is 0.889. The third-order valence-electron chi connectivity index (χ3n) is 3.92. The molecule has 22 heavy (non-hydrogen) atoms. The number of hydrogen-bond donors (Lipinski definition) is 0. The van der Waals surface area contributed by atoms with Crippen molar-refractivity contribution >= 4 is 11.9 Å². The van der Waals surface area contributed by atoms with E-state index in [-0.39, 0.29) is 23.8 Å². The van der Waals surface area contributed by atoms with E-state index in [2.05, 4.69) is 13.8 Å². The summed E-state index contributed by atoms with van der Waals surface area (Å²) in [7, 11) is 0. The molecule has 1 aliphatic rings. The summed E-state index contributed by atoms with van der Waals surface area (Å²) in [5.41, 5.74) is -0.471. The average molecular weight is 312 g/mol. The van der Waals surface area contributed by atoms with Crippen molar-refractivity contribution in [1.29, 1.82) is 0 Å². The van der Waals surface area contributed by atoms with Crippen LogP contribution in [0.3, 0.4) is 0 Å². The Hall–Kier alpha value is -1.06. The van der Waals surface area contributed by atoms with Crippen LogP contribution in [-0.4, -0.2) is 24.1 Å². The van der Waals surface area contributed by atoms with Crippen molar-refractivity contribution in [2.45, 2.75) is 78.7 Å². The number of hydrogen-bond acceptors (Lipinski definition) is 4. The molecule has 128 valence electrons. The monoisotopic (exact) mass is 312 g/mol. The van der Waals surface area contributed by atoms with Gasteiger partial charge in [0.05, 0.1) is 18.4 Å². The van der Waals surface area contributed by atoms with Gasteiger partial charge in [-0.15, -0.1) is 0 Å². The number of carbonyl (C=O) groups excluding carboxylic acids is 2. The molecule has 0 spiro atoms. The van der Waals surface area contributed by atoms with Crippen molar-refractivity contribution in [3.05, 3.63) is 0 Å². The van der Waals surface area contributed by atoms with Crippen LogP contribution < -0.4 is 0 Å². The van der Waals surface area contributed by atoms with E-state index in [4.69, 9.17) is 9.47 Å². The predicted octanol–water partition coefficient (Wildman–Crippen LogP) is 4.11. The van der Waals surface area contributed by atoms with Crippen LogP contribution >= 0.6 is 0 Å². The van der Waals surface area contributed by atoms with Crippen LogP contribution in [0.4, 0.5) is 0 Å². The molecule has 0 amide bonds. The lowest BCUT2D eigenvalue weighted by atomic mass is 9.81. The van der Waals surface area contributed by atoms with E-state index in [9.17, 15) is 9.59 Å². The number of ether oxygens (including phenoxy) is 2. The summed E-state index contributed by atoms with van der Waals surface area (Å²) in [5, 5.41) is 0. The molecule has 2 unspecified atom stereocenters. The minimum atomic E-state index is -0.471. The molecule has 0 aromatic carbocycles. The van der Waals surface area contributed by atoms with Gasteiger partial charge in [-0.3, -0.25) is 9.59 Å². The van der Waals surface area contributed by atoms with Crippen molar-refractivity contribution in [3.8, 4) is 0 Å². The molecule has 1 saturated carbocycles. The van der Waals surface area contributed by atoms with Crippen molar-refractivity contribution in [2.24, 2.45) is 17.8 Å². The Kier molecular flexibility index (Phi) is 7.37. The van der Waals surface area contributed by atoms with Gasteiger partial charge in [-0.05, 0) is 58.8 Å². The highest BCUT2D eigenvalue weighted by Gasteiger charge is 2.34. The highest BCUT2D eigenvalue weighted by Crippen LogP contribution is 2.31. The molecule has 0 saturated heterocycles. The van der Waals surface area contributed by atoms with Crippen LogP contribution in [0.15, 0.2) is 0 Å². The van der Waals surface area contributed by atoms with E-state index < -0.39 is 5.60 Å². The second kappa shape index (κ2) is 8.54. The lowest BCUT2D eigenvalue weighted by molar-refractivity contribution is -0.163. The summed E-state index contributed by atoms with van der Waals surface area (Å²) in [5.74, 6) is -0.00161. The Morgan fingerprint density at radius 2 is 1.68 bits per heavy atom. The molecule has 0 aromatic heterocycles. The molecular weight excluding hydrogens is 280 g/mol. The normalized spacial score (nSPS) is 22.5. The molecule has 0 bridgehead atoms. The maximum atomic E-state index is 12.1. The van der Waals surface area contributed by atoms with E-state index in [0.717, 1.165) is 32.1 Å². The van der Waals surface area contributed by atoms with Gasteiger partial charge in [-0.1, -0.05) is 20.3 Å². The smallest absolute Gasteiger partial charge is 0.309 e. The highest BCUT2D eigenvalue weighted by molar-refractivity contribution is 5.76. The van der Waals surface area contributed by atoms with Gasteiger partial charge in [0.1, 0.15) is 5.60 Å². The van der Waals surface area contributed by atoms with Crippen molar-refractivity contribution in [1.82, 2.24) is 0 Å². The summed E-state index contributed by atoms with van der Waals surface area (Å²) in [6, 6.07) is 0. The number of esters is 2. The van der Waals surface area contributed by atoms with Crippen LogP contribution in [0, 0.1) is 17.8 Å². The molecule has 0 radical (unpaired) electrons. The second-order valence-corrected chi connectivity index (χ2v) is 7.80. The van der Waals surface area contributed by atoms with E-state index in [1.165, 1.54) is 0 Å². The SMILES string of the molecule is CC(C)CCCOC(=O)C1CCCC(C(=O)OC(C)(C)C)C1. The minimum Gasteiger partial charge on any atom is -0.465 e. The van der Waals surface area contributed by atoms with Crippen molar-refractivity contribution in [2.75, 3.05) is 6.61 Å². The first kappa shape index (κ1) is 19.0. The van der Waals surface area contributed by atoms with Crippen LogP contribution in [0.1, 0.15) is 73.1 Å². The summed E-state index contributed by atoms with van der Waals surface area (Å²) < 4.78 is 10.8. The molecule has 0 N–H and O–H groups in total. The zero-order valence-electron chi connectivity index (χ0n) is 14.8. The third kappa shape index (κ3) is 7.28. The first-order chi connectivity index (χ1) is 10.2. The summed E-state index contributed by atoms with van der Waals surface area (Å²) >= 11 is 0. The van der Waals surface area contributed by atoms with Gasteiger partial charge in [-0.2, -0.15) is 0 Å². The molecule has 0 aromatic rings. The quantitative estimate of drug-likeness (QED) is 0.547. The molecule has 0 aliphatic heterocycles. The molecule has 2 atom stereocenters. The van der Waals surface area contributed by atoms with Crippen molar-refractivity contribution < 1.29 is 19.1 Å². The van der Waals surface area contributed by atoms with E-state index in [1.807, 2.05) is 20.8 Å². The van der Waals surface area contributed by atoms with Gasteiger partial charge in [0, 0.05) is 0 Å². The van der Waals surface area contributed by atoms with Crippen LogP contribution in [0.25, 0.3) is 0 Å². The molecule has 1 rings (SSSR count). The first-order valence-corrected chi connectivity index (χ1v) is 8.58. The Labute approximate surface area is 134 Å². The number of carbonyl (C=O) groups is 2. The van der Waals surface area contributed by atoms with Gasteiger partial charge in [-0.25, -0.2) is 0 Å². The lowest BCUT2D eigenvalue weighted by Crippen LogP contribution is -2.33. The van der Waals surface area contributed by atoms with Gasteiger partial charge >= 0.3 is 11.9 Å². The highest BCUT2D eigenvalue weighted by atomic mass is 16.6. The maximum Gasteiger partial charge on any atom is 0.309 e. The Bertz CT molecular complexity index is 368. The van der Waals surface area contributed by atoms with Gasteiger partial charge in [0.25, 0.3) is 0 Å². The van der Waals surface area contributed by atoms with Gasteiger partial charge in [0.15, 0.2) is 0 Å². The predicted molar refractivity (Wildman–Crippen MR) is 86.3 cm³/mol. The van der Waals surface area contributed by atoms with Gasteiger partial charge < -0.3 is 9.47 Å². The molecule has 4 heteroatoms. The topological polar surface area (TPSA) is 52.6 Å². The zero-order valence-corrected chi connectivity index (χ0v) is 14.8. The van der Waals surface area contributed by atoms with Crippen LogP contribution in [0.2, 0.25) is 0 Å². The zero-order chi connectivity index (χ0) is 16.8. The summed E-state index contributed by atoms with van der Waals surface area (Å²) in [4.78, 5) is 24.3. The lowest BCUT2D eigenvalue weighted by Gasteiger charge is -2.29. The Balaban J connectivity index is 2.39. The van der Waals surface area contributed by atoms with Gasteiger partial charge in [0.2, 0.25) is 0 Å². The molecule has 4 nitrogen and oxygen atoms in total. The third-order valence-corrected chi connectivity index (χ3v) is 3.92. The fourth-order valence-electron chi connectivity index (χ4n) is 2.79. The standard InChI is InChI=1S/C18H32O4/c1-13(2)8-7-11-21-16(19)14-9-6-10-15(12-14)17(20)22-18(3,4)5/h13-15H,6-12H2,1-5H3. The summed E-state index contributed by atoms with van der Waals surface area (Å²) in [6.45, 7) is 10.4. The number of rotatable bonds is 6. The average Bonchev–Trinajstić information content (AvgIpc) is 2.41. The van der Waals surface area contributed by atoms with Crippen LogP contribution in [0.5, 0.6) is 0 Å². The molecular formula is C18H32O4. The molecule has 0 heterocycles. The largest absolute Gasteiger partial charge is 0.465 e. The fourth-order valence-corrected chi connectivity index (χ4v) is 2.79. The Morgan fingerprint density at radius 3 is 2.23 bits per heavy atom.